The van der Waals surface area contributed by atoms with Gasteiger partial charge in [0.05, 0.1) is 26.4 Å². The molecule has 3 rings (SSSR count). The third-order valence-electron chi connectivity index (χ3n) is 9.13. The van der Waals surface area contributed by atoms with Gasteiger partial charge in [0.25, 0.3) is 0 Å². The maximum Gasteiger partial charge on any atom is 0.397 e. The summed E-state index contributed by atoms with van der Waals surface area (Å²) in [6.07, 6.45) is -20.7. The normalized spacial score (nSPS) is 36.9. The molecular weight excluding hydrogens is 806 g/mol. The molecule has 3 aliphatic heterocycles. The molecule has 1 amide bonds. The fourth-order valence-electron chi connectivity index (χ4n) is 6.43. The molecule has 9 N–H and O–H groups in total. The third kappa shape index (κ3) is 13.9. The van der Waals surface area contributed by atoms with Crippen molar-refractivity contribution in [1.82, 2.24) is 5.32 Å². The van der Waals surface area contributed by atoms with Gasteiger partial charge in [-0.3, -0.25) is 18.7 Å². The summed E-state index contributed by atoms with van der Waals surface area (Å²) >= 11 is 0. The van der Waals surface area contributed by atoms with E-state index in [2.05, 4.69) is 18.4 Å². The van der Waals surface area contributed by atoms with Crippen LogP contribution in [-0.4, -0.2) is 181 Å². The fourth-order valence-corrected chi connectivity index (χ4v) is 7.44. The molecule has 56 heavy (non-hydrogen) atoms. The largest absolute Gasteiger partial charge is 0.469 e. The van der Waals surface area contributed by atoms with Crippen molar-refractivity contribution >= 4 is 32.7 Å². The first-order chi connectivity index (χ1) is 26.1. The van der Waals surface area contributed by atoms with E-state index in [9.17, 15) is 66.2 Å². The highest BCUT2D eigenvalue weighted by molar-refractivity contribution is 7.81. The Labute approximate surface area is 323 Å². The Bertz CT molecular complexity index is 1470. The fraction of sp³-hybridized carbons (Fsp3) is 0.933. The molecule has 0 saturated carbocycles. The van der Waals surface area contributed by atoms with Gasteiger partial charge < -0.3 is 69.1 Å². The van der Waals surface area contributed by atoms with E-state index < -0.39 is 132 Å². The van der Waals surface area contributed by atoms with Crippen LogP contribution in [0.15, 0.2) is 0 Å². The van der Waals surface area contributed by atoms with Gasteiger partial charge in [0.15, 0.2) is 12.6 Å². The van der Waals surface area contributed by atoms with E-state index in [1.54, 1.807) is 0 Å². The van der Waals surface area contributed by atoms with Crippen LogP contribution in [0.5, 0.6) is 0 Å². The van der Waals surface area contributed by atoms with Gasteiger partial charge in [-0.05, 0) is 19.8 Å². The van der Waals surface area contributed by atoms with E-state index >= 15 is 0 Å². The maximum absolute atomic E-state index is 12.6. The Kier molecular flexibility index (Phi) is 18.6. The summed E-state index contributed by atoms with van der Waals surface area (Å²) in [5, 5.41) is 66.9. The lowest BCUT2D eigenvalue weighted by molar-refractivity contribution is -0.403. The van der Waals surface area contributed by atoms with E-state index in [1.807, 2.05) is 0 Å². The second kappa shape index (κ2) is 21.5. The summed E-state index contributed by atoms with van der Waals surface area (Å²) in [7, 11) is -9.19. The Morgan fingerprint density at radius 3 is 1.98 bits per heavy atom. The van der Waals surface area contributed by atoms with Crippen molar-refractivity contribution in [2.75, 3.05) is 26.9 Å². The molecule has 0 aromatic carbocycles. The van der Waals surface area contributed by atoms with E-state index in [1.165, 1.54) is 14.0 Å². The summed E-state index contributed by atoms with van der Waals surface area (Å²) < 4.78 is 113. The van der Waals surface area contributed by atoms with E-state index in [-0.39, 0.29) is 19.0 Å². The molecule has 0 spiro atoms. The summed E-state index contributed by atoms with van der Waals surface area (Å²) in [6.45, 7) is 0.187. The second-order valence-corrected chi connectivity index (χ2v) is 15.5. The molecule has 3 fully saturated rings. The van der Waals surface area contributed by atoms with Crippen molar-refractivity contribution in [3.05, 3.63) is 0 Å². The van der Waals surface area contributed by atoms with Gasteiger partial charge >= 0.3 is 26.8 Å². The van der Waals surface area contributed by atoms with Crippen molar-refractivity contribution in [2.45, 2.75) is 151 Å². The number of unbranched alkanes of at least 4 members (excludes halogenated alkanes) is 5. The van der Waals surface area contributed by atoms with Gasteiger partial charge in [-0.15, -0.1) is 0 Å². The van der Waals surface area contributed by atoms with Crippen LogP contribution >= 0.6 is 0 Å². The number of hydrogen-bond donors (Lipinski definition) is 9. The highest BCUT2D eigenvalue weighted by Crippen LogP contribution is 2.38. The minimum absolute atomic E-state index is 0.113. The van der Waals surface area contributed by atoms with Crippen molar-refractivity contribution in [3.8, 4) is 0 Å². The number of carbonyl (C=O) groups is 2. The number of ether oxygens (including phenoxy) is 7. The van der Waals surface area contributed by atoms with Gasteiger partial charge in [0.2, 0.25) is 17.9 Å². The first-order valence-corrected chi connectivity index (χ1v) is 20.4. The van der Waals surface area contributed by atoms with E-state index in [4.69, 9.17) is 28.4 Å². The molecule has 0 aliphatic carbocycles. The molecule has 26 heteroatoms. The number of amides is 1. The number of nitrogens with one attached hydrogen (secondary N) is 1. The highest BCUT2D eigenvalue weighted by atomic mass is 32.3. The molecule has 328 valence electrons. The SMILES string of the molecule is COC(=O)CCCCCCCCO[C@@H]1O[C@H](CO)[C@@H](O[C@H]2C[C@@H](OS(=O)(=O)O)[C@@H](O)[C@@H](CO)O2)[C@H](O[C@@H]2O[C@@H](C)[C@@H](O)[C@@H](OS(=O)(=O)O)[C@@H]2O)[C@]1(O)NC(C)=O. The van der Waals surface area contributed by atoms with E-state index in [0.717, 1.165) is 26.2 Å². The van der Waals surface area contributed by atoms with Crippen molar-refractivity contribution in [2.24, 2.45) is 0 Å². The first-order valence-electron chi connectivity index (χ1n) is 17.7. The Balaban J connectivity index is 1.95. The smallest absolute Gasteiger partial charge is 0.397 e. The highest BCUT2D eigenvalue weighted by Gasteiger charge is 2.61. The summed E-state index contributed by atoms with van der Waals surface area (Å²) in [4.78, 5) is 23.9. The Hall–Kier alpha value is -1.80. The van der Waals surface area contributed by atoms with Crippen LogP contribution in [0.1, 0.15) is 65.2 Å². The van der Waals surface area contributed by atoms with Crippen LogP contribution in [0.25, 0.3) is 0 Å². The summed E-state index contributed by atoms with van der Waals surface area (Å²) in [5.41, 5.74) is -2.85. The van der Waals surface area contributed by atoms with Gasteiger partial charge in [-0.1, -0.05) is 25.7 Å². The van der Waals surface area contributed by atoms with Gasteiger partial charge in [-0.2, -0.15) is 16.8 Å². The van der Waals surface area contributed by atoms with Crippen LogP contribution in [0.3, 0.4) is 0 Å². The number of hydrogen-bond acceptors (Lipinski definition) is 21. The average molecular weight is 860 g/mol. The monoisotopic (exact) mass is 859 g/mol. The maximum atomic E-state index is 12.6. The number of methoxy groups -OCH3 is 1. The molecule has 0 aromatic rings. The predicted octanol–water partition coefficient (Wildman–Crippen LogP) is -3.47. The zero-order valence-electron chi connectivity index (χ0n) is 30.8. The molecule has 0 aromatic heterocycles. The molecule has 0 bridgehead atoms. The van der Waals surface area contributed by atoms with Crippen LogP contribution < -0.4 is 5.32 Å². The minimum atomic E-state index is -5.30. The molecule has 3 saturated heterocycles. The third-order valence-corrected chi connectivity index (χ3v) is 10.1. The molecule has 0 unspecified atom stereocenters. The lowest BCUT2D eigenvalue weighted by atomic mass is 9.91. The summed E-state index contributed by atoms with van der Waals surface area (Å²) in [5.74, 6) is -1.24. The predicted molar refractivity (Wildman–Crippen MR) is 180 cm³/mol. The zero-order valence-corrected chi connectivity index (χ0v) is 32.4. The molecule has 14 atom stereocenters. The lowest BCUT2D eigenvalue weighted by Gasteiger charge is -2.53. The molecule has 3 heterocycles. The average Bonchev–Trinajstić information content (AvgIpc) is 3.10. The van der Waals surface area contributed by atoms with Gasteiger partial charge in [-0.25, -0.2) is 8.37 Å². The van der Waals surface area contributed by atoms with Gasteiger partial charge in [0.1, 0.15) is 54.9 Å². The van der Waals surface area contributed by atoms with Crippen LogP contribution in [0, 0.1) is 0 Å². The van der Waals surface area contributed by atoms with Crippen LogP contribution in [-0.2, 0) is 71.9 Å². The molecule has 3 aliphatic rings. The van der Waals surface area contributed by atoms with Crippen molar-refractivity contribution in [1.29, 1.82) is 0 Å². The van der Waals surface area contributed by atoms with E-state index in [0.29, 0.717) is 19.3 Å². The first kappa shape index (κ1) is 48.6. The Morgan fingerprint density at radius 1 is 0.804 bits per heavy atom. The standard InChI is InChI=1S/C30H53NO23S2/c1-15-22(36)26(54-56(43,44)45)24(38)28(48-15)52-27-25(51-21-12-17(53-55(40,41)42)23(37)18(13-32)49-21)19(14-33)50-29(30(27,39)31-16(2)34)47-11-9-7-5-4-6-8-10-20(35)46-3/h15,17-19,21-29,32-33,36-39H,4-14H2,1-3H3,(H,31,34)(H,40,41,42)(H,43,44,45)/t15-,17+,18+,19+,21-,22+,23+,24-,25+,26+,27-,28-,29+,30+/m0/s1. The second-order valence-electron chi connectivity index (χ2n) is 13.4. The zero-order chi connectivity index (χ0) is 42.0. The molecular formula is C30H53NO23S2. The molecule has 0 radical (unpaired) electrons. The Morgan fingerprint density at radius 2 is 1.41 bits per heavy atom. The number of esters is 1. The number of aliphatic hydroxyl groups is 6. The summed E-state index contributed by atoms with van der Waals surface area (Å²) in [6, 6.07) is 0. The topological polar surface area (TPSA) is 359 Å². The number of rotatable bonds is 21. The minimum Gasteiger partial charge on any atom is -0.469 e. The number of aliphatic hydroxyl groups excluding tert-OH is 5. The van der Waals surface area contributed by atoms with Crippen LogP contribution in [0.2, 0.25) is 0 Å². The van der Waals surface area contributed by atoms with Crippen molar-refractivity contribution < 1.29 is 108 Å². The molecule has 24 nitrogen and oxygen atoms in total. The number of carbonyl (C=O) groups excluding carboxylic acids is 2. The van der Waals surface area contributed by atoms with Crippen LogP contribution in [0.4, 0.5) is 0 Å². The van der Waals surface area contributed by atoms with Gasteiger partial charge in [0, 0.05) is 26.4 Å². The lowest BCUT2D eigenvalue weighted by Crippen LogP contribution is -2.76. The quantitative estimate of drug-likeness (QED) is 0.0234. The van der Waals surface area contributed by atoms with Crippen molar-refractivity contribution in [3.63, 3.8) is 0 Å².